The molecule has 0 aliphatic carbocycles. The van der Waals surface area contributed by atoms with E-state index in [0.29, 0.717) is 0 Å². The molecule has 0 N–H and O–H groups in total. The molecule has 1 saturated heterocycles. The predicted octanol–water partition coefficient (Wildman–Crippen LogP) is 4.72. The van der Waals surface area contributed by atoms with E-state index < -0.39 is 0 Å². The van der Waals surface area contributed by atoms with E-state index in [9.17, 15) is 0 Å². The summed E-state index contributed by atoms with van der Waals surface area (Å²) in [5.74, 6) is 0. The summed E-state index contributed by atoms with van der Waals surface area (Å²) in [4.78, 5) is 4.63. The van der Waals surface area contributed by atoms with Crippen LogP contribution in [0.25, 0.3) is 0 Å². The number of nitrogens with zero attached hydrogens (tertiary/aromatic N) is 4. The number of azo groups is 1. The second kappa shape index (κ2) is 7.79. The van der Waals surface area contributed by atoms with E-state index in [0.717, 1.165) is 36.9 Å². The van der Waals surface area contributed by atoms with E-state index in [1.807, 2.05) is 48.7 Å². The number of halogens is 1. The molecule has 4 nitrogen and oxygen atoms in total. The second-order valence-corrected chi connectivity index (χ2v) is 5.79. The van der Waals surface area contributed by atoms with Gasteiger partial charge in [0.2, 0.25) is 0 Å². The smallest absolute Gasteiger partial charge is 0.0856 e. The molecule has 23 heavy (non-hydrogen) atoms. The summed E-state index contributed by atoms with van der Waals surface area (Å²) in [5.41, 5.74) is 2.09. The van der Waals surface area contributed by atoms with E-state index in [1.54, 1.807) is 6.20 Å². The maximum atomic E-state index is 5.93. The van der Waals surface area contributed by atoms with Crippen LogP contribution in [0.5, 0.6) is 0 Å². The van der Waals surface area contributed by atoms with Gasteiger partial charge < -0.3 is 9.80 Å². The molecule has 3 rings (SSSR count). The van der Waals surface area contributed by atoms with Gasteiger partial charge in [-0.1, -0.05) is 29.8 Å². The Balaban J connectivity index is 1.48. The summed E-state index contributed by atoms with van der Waals surface area (Å²) in [7, 11) is 0. The van der Waals surface area contributed by atoms with E-state index >= 15 is 0 Å². The van der Waals surface area contributed by atoms with Crippen LogP contribution in [0.15, 0.2) is 77.2 Å². The van der Waals surface area contributed by atoms with Crippen LogP contribution in [-0.4, -0.2) is 31.1 Å². The minimum atomic E-state index is 0.777. The minimum Gasteiger partial charge on any atom is -0.373 e. The van der Waals surface area contributed by atoms with Gasteiger partial charge in [-0.3, -0.25) is 0 Å². The lowest BCUT2D eigenvalue weighted by atomic mass is 10.2. The molecule has 5 heteroatoms. The van der Waals surface area contributed by atoms with Crippen LogP contribution in [0.2, 0.25) is 5.02 Å². The monoisotopic (exact) mass is 326 g/mol. The third kappa shape index (κ3) is 4.57. The van der Waals surface area contributed by atoms with Gasteiger partial charge in [0.05, 0.1) is 11.9 Å². The first kappa shape index (κ1) is 15.6. The van der Waals surface area contributed by atoms with Crippen molar-refractivity contribution in [1.82, 2.24) is 4.90 Å². The molecule has 0 radical (unpaired) electrons. The van der Waals surface area contributed by atoms with Crippen LogP contribution in [-0.2, 0) is 0 Å². The zero-order valence-electron chi connectivity index (χ0n) is 12.8. The lowest BCUT2D eigenvalue weighted by Gasteiger charge is -2.35. The van der Waals surface area contributed by atoms with Gasteiger partial charge >= 0.3 is 0 Å². The first-order chi connectivity index (χ1) is 11.3. The Morgan fingerprint density at radius 2 is 1.57 bits per heavy atom. The normalized spacial score (nSPS) is 15.7. The third-order valence-corrected chi connectivity index (χ3v) is 4.03. The van der Waals surface area contributed by atoms with E-state index in [-0.39, 0.29) is 0 Å². The molecule has 2 aromatic rings. The molecule has 0 spiro atoms. The third-order valence-electron chi connectivity index (χ3n) is 3.78. The molecule has 0 atom stereocenters. The van der Waals surface area contributed by atoms with Crippen molar-refractivity contribution >= 4 is 23.0 Å². The van der Waals surface area contributed by atoms with Gasteiger partial charge in [0.1, 0.15) is 0 Å². The first-order valence-corrected chi connectivity index (χ1v) is 8.06. The van der Waals surface area contributed by atoms with Crippen molar-refractivity contribution in [2.75, 3.05) is 31.1 Å². The lowest BCUT2D eigenvalue weighted by Crippen LogP contribution is -2.44. The molecule has 0 saturated carbocycles. The molecular weight excluding hydrogens is 308 g/mol. The van der Waals surface area contributed by atoms with Gasteiger partial charge in [-0.25, -0.2) is 0 Å². The number of hydrogen-bond acceptors (Lipinski definition) is 4. The van der Waals surface area contributed by atoms with Crippen molar-refractivity contribution < 1.29 is 0 Å². The van der Waals surface area contributed by atoms with E-state index in [4.69, 9.17) is 11.6 Å². The molecule has 0 unspecified atom stereocenters. The largest absolute Gasteiger partial charge is 0.373 e. The summed E-state index contributed by atoms with van der Waals surface area (Å²) in [6, 6.07) is 17.8. The average Bonchev–Trinajstić information content (AvgIpc) is 2.61. The first-order valence-electron chi connectivity index (χ1n) is 7.68. The Morgan fingerprint density at radius 3 is 2.26 bits per heavy atom. The number of benzene rings is 2. The molecule has 0 bridgehead atoms. The summed E-state index contributed by atoms with van der Waals surface area (Å²) >= 11 is 5.93. The van der Waals surface area contributed by atoms with Crippen molar-refractivity contribution in [2.45, 2.75) is 0 Å². The van der Waals surface area contributed by atoms with Crippen molar-refractivity contribution in [3.05, 3.63) is 72.0 Å². The van der Waals surface area contributed by atoms with Gasteiger partial charge in [0.25, 0.3) is 0 Å². The van der Waals surface area contributed by atoms with Gasteiger partial charge in [-0.15, -0.1) is 0 Å². The van der Waals surface area contributed by atoms with Gasteiger partial charge in [-0.05, 0) is 36.4 Å². The highest BCUT2D eigenvalue weighted by Gasteiger charge is 2.14. The van der Waals surface area contributed by atoms with E-state index in [1.165, 1.54) is 5.69 Å². The minimum absolute atomic E-state index is 0.777. The van der Waals surface area contributed by atoms with Crippen LogP contribution in [0.4, 0.5) is 11.4 Å². The maximum absolute atomic E-state index is 5.93. The number of hydrogen-bond donors (Lipinski definition) is 0. The number of anilines is 1. The highest BCUT2D eigenvalue weighted by atomic mass is 35.5. The highest BCUT2D eigenvalue weighted by Crippen LogP contribution is 2.19. The van der Waals surface area contributed by atoms with Gasteiger partial charge in [-0.2, -0.15) is 10.2 Å². The van der Waals surface area contributed by atoms with Crippen LogP contribution in [0.1, 0.15) is 0 Å². The summed E-state index contributed by atoms with van der Waals surface area (Å²) in [5, 5.41) is 9.02. The van der Waals surface area contributed by atoms with Crippen molar-refractivity contribution in [1.29, 1.82) is 0 Å². The molecule has 118 valence electrons. The number of rotatable bonds is 4. The average molecular weight is 327 g/mol. The number of piperazine rings is 1. The molecule has 1 fully saturated rings. The standard InChI is InChI=1S/C18H19ClN4/c19-16-6-8-18(9-7-16)23-14-12-22(13-15-23)11-10-20-21-17-4-2-1-3-5-17/h1-11H,12-15H2/b11-10+,21-20?. The molecule has 0 aromatic heterocycles. The predicted molar refractivity (Wildman–Crippen MR) is 95.3 cm³/mol. The van der Waals surface area contributed by atoms with Crippen molar-refractivity contribution in [3.8, 4) is 0 Å². The maximum Gasteiger partial charge on any atom is 0.0856 e. The fourth-order valence-electron chi connectivity index (χ4n) is 2.50. The molecule has 2 aromatic carbocycles. The molecule has 1 aliphatic heterocycles. The fourth-order valence-corrected chi connectivity index (χ4v) is 2.63. The molecule has 0 amide bonds. The summed E-state index contributed by atoms with van der Waals surface area (Å²) in [6.07, 6.45) is 3.76. The summed E-state index contributed by atoms with van der Waals surface area (Å²) < 4.78 is 0. The highest BCUT2D eigenvalue weighted by molar-refractivity contribution is 6.30. The Kier molecular flexibility index (Phi) is 5.27. The Morgan fingerprint density at radius 1 is 0.870 bits per heavy atom. The van der Waals surface area contributed by atoms with Crippen molar-refractivity contribution in [3.63, 3.8) is 0 Å². The van der Waals surface area contributed by atoms with Gasteiger partial charge in [0, 0.05) is 43.1 Å². The van der Waals surface area contributed by atoms with Crippen LogP contribution in [0, 0.1) is 0 Å². The Bertz CT molecular complexity index is 659. The fraction of sp³-hybridized carbons (Fsp3) is 0.222. The van der Waals surface area contributed by atoms with Crippen molar-refractivity contribution in [2.24, 2.45) is 10.2 Å². The topological polar surface area (TPSA) is 31.2 Å². The van der Waals surface area contributed by atoms with Crippen LogP contribution in [0.3, 0.4) is 0 Å². The van der Waals surface area contributed by atoms with E-state index in [2.05, 4.69) is 32.2 Å². The zero-order chi connectivity index (χ0) is 15.9. The van der Waals surface area contributed by atoms with Crippen LogP contribution >= 0.6 is 11.6 Å². The van der Waals surface area contributed by atoms with Crippen LogP contribution < -0.4 is 4.90 Å². The zero-order valence-corrected chi connectivity index (χ0v) is 13.6. The molecular formula is C18H19ClN4. The second-order valence-electron chi connectivity index (χ2n) is 5.35. The SMILES string of the molecule is Clc1ccc(N2CCN(/C=C/N=Nc3ccccc3)CC2)cc1. The lowest BCUT2D eigenvalue weighted by molar-refractivity contribution is 0.348. The van der Waals surface area contributed by atoms with Gasteiger partial charge in [0.15, 0.2) is 0 Å². The molecule has 1 heterocycles. The quantitative estimate of drug-likeness (QED) is 0.761. The molecule has 1 aliphatic rings. The summed E-state index contributed by atoms with van der Waals surface area (Å²) in [6.45, 7) is 3.92. The Labute approximate surface area is 141 Å². The Hall–Kier alpha value is -2.33.